The first-order valence-corrected chi connectivity index (χ1v) is 14.7. The van der Waals surface area contributed by atoms with E-state index in [1.807, 2.05) is 72.8 Å². The number of pyridine rings is 1. The number of fused-ring (bicyclic) bond motifs is 8. The molecule has 0 atom stereocenters. The Kier molecular flexibility index (Phi) is 4.66. The fraction of sp³-hybridized carbons (Fsp3) is 0. The molecule has 4 heterocycles. The molecule has 204 valence electrons. The summed E-state index contributed by atoms with van der Waals surface area (Å²) in [6.45, 7) is 0. The van der Waals surface area contributed by atoms with E-state index >= 15 is 0 Å². The van der Waals surface area contributed by atoms with Crippen LogP contribution in [0, 0.1) is 0 Å². The molecule has 4 aromatic heterocycles. The minimum absolute atomic E-state index is 0.612. The van der Waals surface area contributed by atoms with Gasteiger partial charge in [0.15, 0.2) is 17.5 Å². The smallest absolute Gasteiger partial charge is 0.213 e. The molecule has 0 amide bonds. The number of furan rings is 1. The Morgan fingerprint density at radius 2 is 1.11 bits per heavy atom. The van der Waals surface area contributed by atoms with Crippen molar-refractivity contribution in [2.45, 2.75) is 0 Å². The highest BCUT2D eigenvalue weighted by Gasteiger charge is 2.24. The summed E-state index contributed by atoms with van der Waals surface area (Å²) in [6.07, 6.45) is 0. The van der Waals surface area contributed by atoms with E-state index in [9.17, 15) is 0 Å². The monoisotopic (exact) mass is 562 g/mol. The highest BCUT2D eigenvalue weighted by molar-refractivity contribution is 6.32. The van der Waals surface area contributed by atoms with Crippen LogP contribution in [-0.2, 0) is 0 Å². The van der Waals surface area contributed by atoms with Gasteiger partial charge in [-0.2, -0.15) is 0 Å². The van der Waals surface area contributed by atoms with Gasteiger partial charge in [-0.3, -0.25) is 4.40 Å². The summed E-state index contributed by atoms with van der Waals surface area (Å²) in [5.41, 5.74) is 6.73. The Labute approximate surface area is 251 Å². The summed E-state index contributed by atoms with van der Waals surface area (Å²) < 4.78 is 9.12. The first kappa shape index (κ1) is 23.5. The van der Waals surface area contributed by atoms with Gasteiger partial charge in [-0.15, -0.1) is 0 Å². The van der Waals surface area contributed by atoms with E-state index in [2.05, 4.69) is 65.1 Å². The van der Waals surface area contributed by atoms with Crippen LogP contribution in [0.5, 0.6) is 0 Å². The van der Waals surface area contributed by atoms with Crippen molar-refractivity contribution in [3.05, 3.63) is 133 Å². The fourth-order valence-corrected chi connectivity index (χ4v) is 6.90. The average molecular weight is 563 g/mol. The lowest BCUT2D eigenvalue weighted by Gasteiger charge is -2.11. The number of para-hydroxylation sites is 1. The van der Waals surface area contributed by atoms with E-state index in [0.717, 1.165) is 49.7 Å². The molecule has 5 heteroatoms. The van der Waals surface area contributed by atoms with Crippen molar-refractivity contribution in [1.29, 1.82) is 0 Å². The van der Waals surface area contributed by atoms with Crippen LogP contribution in [0.1, 0.15) is 0 Å². The zero-order valence-electron chi connectivity index (χ0n) is 23.4. The normalized spacial score (nSPS) is 12.1. The molecule has 0 saturated carbocycles. The van der Waals surface area contributed by atoms with Crippen molar-refractivity contribution >= 4 is 60.0 Å². The number of rotatable bonds is 3. The molecular weight excluding hydrogens is 540 g/mol. The number of hydrogen-bond donors (Lipinski definition) is 0. The van der Waals surface area contributed by atoms with Gasteiger partial charge in [0.25, 0.3) is 0 Å². The second-order valence-corrected chi connectivity index (χ2v) is 11.2. The topological polar surface area (TPSA) is 56.2 Å². The van der Waals surface area contributed by atoms with E-state index in [1.54, 1.807) is 0 Å². The standard InChI is InChI=1S/C39H22N4O/c1-3-11-24(12-4-1)36-40-37(25-13-5-2-6-14-25)42-38(41-36)29-18-10-20-31-33(29)34-28-17-9-15-23-21-22-27-26-16-7-8-19-30(26)43(39(34)44-31)35(27)32(23)28/h1-22H. The molecule has 0 aliphatic carbocycles. The second kappa shape index (κ2) is 8.72. The Hall–Kier alpha value is -6.07. The van der Waals surface area contributed by atoms with Gasteiger partial charge < -0.3 is 4.42 Å². The van der Waals surface area contributed by atoms with E-state index in [0.29, 0.717) is 17.5 Å². The van der Waals surface area contributed by atoms with Gasteiger partial charge in [0.2, 0.25) is 5.71 Å². The molecule has 10 aromatic rings. The molecule has 10 rings (SSSR count). The van der Waals surface area contributed by atoms with Crippen molar-refractivity contribution in [2.24, 2.45) is 0 Å². The SMILES string of the molecule is c1ccc(-c2nc(-c3ccccc3)nc(-c3cccc4oc5c(c6cccc7ccc8c9ccccc9n5c8c76)c34)n2)cc1. The molecule has 0 aliphatic rings. The molecule has 0 saturated heterocycles. The predicted octanol–water partition coefficient (Wildman–Crippen LogP) is 9.92. The minimum Gasteiger partial charge on any atom is -0.439 e. The van der Waals surface area contributed by atoms with E-state index < -0.39 is 0 Å². The first-order chi connectivity index (χ1) is 21.8. The van der Waals surface area contributed by atoms with E-state index in [-0.39, 0.29) is 0 Å². The zero-order valence-corrected chi connectivity index (χ0v) is 23.4. The largest absolute Gasteiger partial charge is 0.439 e. The second-order valence-electron chi connectivity index (χ2n) is 11.2. The molecule has 0 radical (unpaired) electrons. The quantitative estimate of drug-likeness (QED) is 0.215. The summed E-state index contributed by atoms with van der Waals surface area (Å²) in [7, 11) is 0. The van der Waals surface area contributed by atoms with Gasteiger partial charge in [0.05, 0.1) is 16.4 Å². The summed E-state index contributed by atoms with van der Waals surface area (Å²) in [4.78, 5) is 15.1. The lowest BCUT2D eigenvalue weighted by Crippen LogP contribution is -2.00. The summed E-state index contributed by atoms with van der Waals surface area (Å²) in [5, 5.41) is 8.09. The molecule has 0 spiro atoms. The predicted molar refractivity (Wildman–Crippen MR) is 178 cm³/mol. The number of nitrogens with zero attached hydrogens (tertiary/aromatic N) is 4. The number of benzene rings is 6. The van der Waals surface area contributed by atoms with Gasteiger partial charge in [0.1, 0.15) is 5.58 Å². The van der Waals surface area contributed by atoms with Crippen LogP contribution in [0.4, 0.5) is 0 Å². The van der Waals surface area contributed by atoms with Crippen molar-refractivity contribution in [3.8, 4) is 34.2 Å². The van der Waals surface area contributed by atoms with Crippen molar-refractivity contribution in [1.82, 2.24) is 19.4 Å². The van der Waals surface area contributed by atoms with Crippen LogP contribution in [-0.4, -0.2) is 19.4 Å². The third-order valence-corrected chi connectivity index (χ3v) is 8.79. The lowest BCUT2D eigenvalue weighted by molar-refractivity contribution is 0.651. The summed E-state index contributed by atoms with van der Waals surface area (Å²) >= 11 is 0. The van der Waals surface area contributed by atoms with Gasteiger partial charge in [0, 0.05) is 38.2 Å². The Bertz CT molecular complexity index is 2650. The first-order valence-electron chi connectivity index (χ1n) is 14.7. The number of aromatic nitrogens is 4. The van der Waals surface area contributed by atoms with Crippen LogP contribution >= 0.6 is 0 Å². The maximum atomic E-state index is 6.82. The average Bonchev–Trinajstić information content (AvgIpc) is 3.65. The van der Waals surface area contributed by atoms with E-state index in [4.69, 9.17) is 19.4 Å². The third kappa shape index (κ3) is 3.15. The van der Waals surface area contributed by atoms with Crippen LogP contribution in [0.15, 0.2) is 138 Å². The third-order valence-electron chi connectivity index (χ3n) is 8.79. The van der Waals surface area contributed by atoms with Crippen LogP contribution in [0.3, 0.4) is 0 Å². The molecule has 5 nitrogen and oxygen atoms in total. The summed E-state index contributed by atoms with van der Waals surface area (Å²) in [5.74, 6) is 1.88. The molecule has 44 heavy (non-hydrogen) atoms. The molecule has 0 aliphatic heterocycles. The maximum Gasteiger partial charge on any atom is 0.213 e. The highest BCUT2D eigenvalue weighted by Crippen LogP contribution is 2.46. The molecule has 6 aromatic carbocycles. The van der Waals surface area contributed by atoms with Gasteiger partial charge in [-0.1, -0.05) is 121 Å². The van der Waals surface area contributed by atoms with Crippen molar-refractivity contribution in [2.75, 3.05) is 0 Å². The molecule has 0 bridgehead atoms. The lowest BCUT2D eigenvalue weighted by atomic mass is 9.97. The Morgan fingerprint density at radius 1 is 0.455 bits per heavy atom. The van der Waals surface area contributed by atoms with Crippen molar-refractivity contribution in [3.63, 3.8) is 0 Å². The Morgan fingerprint density at radius 3 is 1.89 bits per heavy atom. The van der Waals surface area contributed by atoms with Crippen LogP contribution in [0.2, 0.25) is 0 Å². The molecule has 0 N–H and O–H groups in total. The maximum absolute atomic E-state index is 6.82. The molecule has 0 fully saturated rings. The highest BCUT2D eigenvalue weighted by atomic mass is 16.3. The zero-order chi connectivity index (χ0) is 28.8. The molecule has 0 unspecified atom stereocenters. The summed E-state index contributed by atoms with van der Waals surface area (Å²) in [6, 6.07) is 45.9. The minimum atomic E-state index is 0.612. The van der Waals surface area contributed by atoms with Gasteiger partial charge in [-0.25, -0.2) is 15.0 Å². The fourth-order valence-electron chi connectivity index (χ4n) is 6.90. The van der Waals surface area contributed by atoms with Gasteiger partial charge in [-0.05, 0) is 22.9 Å². The van der Waals surface area contributed by atoms with Crippen LogP contribution in [0.25, 0.3) is 94.2 Å². The van der Waals surface area contributed by atoms with Gasteiger partial charge >= 0.3 is 0 Å². The number of hydrogen-bond acceptors (Lipinski definition) is 4. The van der Waals surface area contributed by atoms with Crippen molar-refractivity contribution < 1.29 is 4.42 Å². The van der Waals surface area contributed by atoms with Crippen LogP contribution < -0.4 is 0 Å². The van der Waals surface area contributed by atoms with E-state index in [1.165, 1.54) is 27.1 Å². The Balaban J connectivity index is 1.38. The molecular formula is C39H22N4O.